The molecular weight excluding hydrogens is 458 g/mol. The molecule has 1 atom stereocenters. The summed E-state index contributed by atoms with van der Waals surface area (Å²) in [6.45, 7) is 5.51. The Labute approximate surface area is 211 Å². The van der Waals surface area contributed by atoms with Gasteiger partial charge >= 0.3 is 6.09 Å². The normalized spacial score (nSPS) is 18.4. The van der Waals surface area contributed by atoms with Crippen molar-refractivity contribution in [2.45, 2.75) is 64.5 Å². The molecule has 9 heteroatoms. The zero-order valence-corrected chi connectivity index (χ0v) is 21.5. The monoisotopic (exact) mass is 493 g/mol. The standard InChI is InChI=1S/C27H35N5O4/c1-17-14-22(31-13-12-20(16-31)29-27(33)36-21-8-6-5-7-9-21)26-28-18(2)25(32(26)30-17)19-10-11-23(34-3)24(15-19)35-4/h10-11,14-15,20-21H,5-9,12-13,16H2,1-4H3,(H,29,33)/t20-/m1/s1. The summed E-state index contributed by atoms with van der Waals surface area (Å²) in [5.41, 5.74) is 5.46. The van der Waals surface area contributed by atoms with Gasteiger partial charge in [0.15, 0.2) is 17.1 Å². The van der Waals surface area contributed by atoms with Crippen molar-refractivity contribution in [1.29, 1.82) is 0 Å². The number of alkyl carbamates (subject to hydrolysis) is 1. The van der Waals surface area contributed by atoms with Crippen LogP contribution in [0.1, 0.15) is 49.9 Å². The van der Waals surface area contributed by atoms with E-state index in [9.17, 15) is 4.79 Å². The molecular formula is C27H35N5O4. The van der Waals surface area contributed by atoms with Gasteiger partial charge in [-0.15, -0.1) is 0 Å². The zero-order chi connectivity index (χ0) is 25.2. The van der Waals surface area contributed by atoms with Gasteiger partial charge < -0.3 is 24.4 Å². The quantitative estimate of drug-likeness (QED) is 0.534. The summed E-state index contributed by atoms with van der Waals surface area (Å²) in [7, 11) is 3.26. The Kier molecular flexibility index (Phi) is 6.89. The van der Waals surface area contributed by atoms with Gasteiger partial charge in [-0.2, -0.15) is 5.10 Å². The van der Waals surface area contributed by atoms with Gasteiger partial charge in [-0.25, -0.2) is 14.3 Å². The van der Waals surface area contributed by atoms with E-state index in [0.717, 1.165) is 72.6 Å². The molecule has 0 radical (unpaired) electrons. The number of benzene rings is 1. The molecule has 0 spiro atoms. The Morgan fingerprint density at radius 2 is 1.81 bits per heavy atom. The number of ether oxygens (including phenoxy) is 3. The summed E-state index contributed by atoms with van der Waals surface area (Å²) < 4.78 is 18.5. The number of nitrogens with zero attached hydrogens (tertiary/aromatic N) is 4. The highest BCUT2D eigenvalue weighted by Crippen LogP contribution is 2.35. The maximum Gasteiger partial charge on any atom is 0.407 e. The SMILES string of the molecule is COc1ccc(-c2c(C)nc3c(N4CC[C@@H](NC(=O)OC5CCCCC5)C4)cc(C)nn23)cc1OC. The van der Waals surface area contributed by atoms with E-state index in [-0.39, 0.29) is 18.2 Å². The number of rotatable bonds is 6. The Balaban J connectivity index is 1.38. The first kappa shape index (κ1) is 24.2. The molecule has 2 aliphatic rings. The summed E-state index contributed by atoms with van der Waals surface area (Å²) in [6, 6.07) is 7.95. The van der Waals surface area contributed by atoms with Gasteiger partial charge in [0.1, 0.15) is 6.10 Å². The number of aryl methyl sites for hydroxylation is 2. The molecule has 1 aliphatic carbocycles. The summed E-state index contributed by atoms with van der Waals surface area (Å²) in [4.78, 5) is 19.7. The first-order valence-electron chi connectivity index (χ1n) is 12.8. The lowest BCUT2D eigenvalue weighted by Gasteiger charge is -2.23. The highest BCUT2D eigenvalue weighted by atomic mass is 16.6. The van der Waals surface area contributed by atoms with Crippen LogP contribution in [0.4, 0.5) is 10.5 Å². The number of carbonyl (C=O) groups excluding carboxylic acids is 1. The number of aromatic nitrogens is 3. The van der Waals surface area contributed by atoms with Crippen molar-refractivity contribution in [2.24, 2.45) is 0 Å². The summed E-state index contributed by atoms with van der Waals surface area (Å²) in [5, 5.41) is 7.88. The molecule has 2 fully saturated rings. The number of hydrogen-bond acceptors (Lipinski definition) is 7. The van der Waals surface area contributed by atoms with Crippen molar-refractivity contribution in [3.05, 3.63) is 35.7 Å². The van der Waals surface area contributed by atoms with Crippen molar-refractivity contribution in [3.63, 3.8) is 0 Å². The minimum absolute atomic E-state index is 0.0380. The zero-order valence-electron chi connectivity index (χ0n) is 21.5. The topological polar surface area (TPSA) is 90.2 Å². The Bertz CT molecular complexity index is 1250. The number of carbonyl (C=O) groups is 1. The number of hydrogen-bond donors (Lipinski definition) is 1. The number of nitrogens with one attached hydrogen (secondary N) is 1. The molecule has 36 heavy (non-hydrogen) atoms. The van der Waals surface area contributed by atoms with Crippen LogP contribution in [0.3, 0.4) is 0 Å². The van der Waals surface area contributed by atoms with Crippen molar-refractivity contribution in [3.8, 4) is 22.8 Å². The van der Waals surface area contributed by atoms with Gasteiger partial charge in [0.05, 0.1) is 43.0 Å². The molecule has 192 valence electrons. The van der Waals surface area contributed by atoms with E-state index in [1.165, 1.54) is 6.42 Å². The number of imidazole rings is 1. The fourth-order valence-electron chi connectivity index (χ4n) is 5.41. The van der Waals surface area contributed by atoms with E-state index >= 15 is 0 Å². The van der Waals surface area contributed by atoms with Gasteiger partial charge in [-0.3, -0.25) is 0 Å². The first-order chi connectivity index (χ1) is 17.5. The highest BCUT2D eigenvalue weighted by Gasteiger charge is 2.29. The first-order valence-corrected chi connectivity index (χ1v) is 12.8. The molecule has 1 saturated heterocycles. The van der Waals surface area contributed by atoms with Gasteiger partial charge in [0.25, 0.3) is 0 Å². The lowest BCUT2D eigenvalue weighted by molar-refractivity contribution is 0.0734. The molecule has 1 N–H and O–H groups in total. The molecule has 9 nitrogen and oxygen atoms in total. The largest absolute Gasteiger partial charge is 0.493 e. The maximum atomic E-state index is 12.5. The van der Waals surface area contributed by atoms with Gasteiger partial charge in [0, 0.05) is 18.7 Å². The van der Waals surface area contributed by atoms with E-state index in [2.05, 4.69) is 16.3 Å². The van der Waals surface area contributed by atoms with Crippen molar-refractivity contribution in [2.75, 3.05) is 32.2 Å². The van der Waals surface area contributed by atoms with Gasteiger partial charge in [-0.05, 0) is 70.2 Å². The molecule has 0 bridgehead atoms. The van der Waals surface area contributed by atoms with Crippen LogP contribution in [0.25, 0.3) is 16.9 Å². The third-order valence-electron chi connectivity index (χ3n) is 7.19. The van der Waals surface area contributed by atoms with Crippen LogP contribution in [0.2, 0.25) is 0 Å². The van der Waals surface area contributed by atoms with Gasteiger partial charge in [-0.1, -0.05) is 6.42 Å². The summed E-state index contributed by atoms with van der Waals surface area (Å²) in [5.74, 6) is 1.33. The number of anilines is 1. The third-order valence-corrected chi connectivity index (χ3v) is 7.19. The van der Waals surface area contributed by atoms with Crippen LogP contribution >= 0.6 is 0 Å². The molecule has 5 rings (SSSR count). The predicted molar refractivity (Wildman–Crippen MR) is 138 cm³/mol. The number of amides is 1. The molecule has 0 unspecified atom stereocenters. The van der Waals surface area contributed by atoms with Crippen LogP contribution in [0.15, 0.2) is 24.3 Å². The Morgan fingerprint density at radius 3 is 2.56 bits per heavy atom. The number of methoxy groups -OCH3 is 2. The lowest BCUT2D eigenvalue weighted by atomic mass is 9.98. The molecule has 1 aliphatic heterocycles. The van der Waals surface area contributed by atoms with Crippen molar-refractivity contribution < 1.29 is 19.0 Å². The van der Waals surface area contributed by atoms with Gasteiger partial charge in [0.2, 0.25) is 0 Å². The third kappa shape index (κ3) is 4.79. The fourth-order valence-corrected chi connectivity index (χ4v) is 5.41. The minimum Gasteiger partial charge on any atom is -0.493 e. The highest BCUT2D eigenvalue weighted by molar-refractivity contribution is 5.77. The Hall–Kier alpha value is -3.49. The second-order valence-corrected chi connectivity index (χ2v) is 9.76. The molecule has 1 amide bonds. The van der Waals surface area contributed by atoms with Crippen LogP contribution in [-0.2, 0) is 4.74 Å². The van der Waals surface area contributed by atoms with E-state index < -0.39 is 0 Å². The van der Waals surface area contributed by atoms with Crippen LogP contribution in [0, 0.1) is 13.8 Å². The fraction of sp³-hybridized carbons (Fsp3) is 0.519. The molecule has 3 heterocycles. The molecule has 3 aromatic rings. The second kappa shape index (κ2) is 10.2. The van der Waals surface area contributed by atoms with E-state index in [1.54, 1.807) is 14.2 Å². The van der Waals surface area contributed by atoms with Crippen LogP contribution < -0.4 is 19.7 Å². The molecule has 2 aromatic heterocycles. The Morgan fingerprint density at radius 1 is 1.03 bits per heavy atom. The number of fused-ring (bicyclic) bond motifs is 1. The molecule has 1 saturated carbocycles. The molecule has 1 aromatic carbocycles. The minimum atomic E-state index is -0.294. The van der Waals surface area contributed by atoms with Crippen LogP contribution in [-0.4, -0.2) is 60.1 Å². The van der Waals surface area contributed by atoms with E-state index in [4.69, 9.17) is 24.3 Å². The second-order valence-electron chi connectivity index (χ2n) is 9.76. The average Bonchev–Trinajstić information content (AvgIpc) is 3.47. The lowest BCUT2D eigenvalue weighted by Crippen LogP contribution is -2.39. The predicted octanol–water partition coefficient (Wildman–Crippen LogP) is 4.67. The van der Waals surface area contributed by atoms with E-state index in [1.807, 2.05) is 36.6 Å². The van der Waals surface area contributed by atoms with Crippen LogP contribution in [0.5, 0.6) is 11.5 Å². The summed E-state index contributed by atoms with van der Waals surface area (Å²) in [6.07, 6.45) is 6.08. The smallest absolute Gasteiger partial charge is 0.407 e. The van der Waals surface area contributed by atoms with E-state index in [0.29, 0.717) is 18.0 Å². The van der Waals surface area contributed by atoms with Crippen molar-refractivity contribution in [1.82, 2.24) is 19.9 Å². The average molecular weight is 494 g/mol. The maximum absolute atomic E-state index is 12.5. The van der Waals surface area contributed by atoms with Crippen molar-refractivity contribution >= 4 is 17.4 Å². The summed E-state index contributed by atoms with van der Waals surface area (Å²) >= 11 is 0.